The monoisotopic (exact) mass is 328 g/mol. The molecule has 1 atom stereocenters. The highest BCUT2D eigenvalue weighted by molar-refractivity contribution is 5.91. The van der Waals surface area contributed by atoms with Crippen LogP contribution in [-0.4, -0.2) is 35.7 Å². The van der Waals surface area contributed by atoms with Crippen molar-refractivity contribution in [2.75, 3.05) is 23.8 Å². The zero-order valence-electron chi connectivity index (χ0n) is 14.7. The normalized spacial score (nSPS) is 17.4. The molecule has 2 aromatic rings. The number of aryl methyl sites for hydroxylation is 2. The molecule has 2 amide bonds. The van der Waals surface area contributed by atoms with E-state index >= 15 is 0 Å². The van der Waals surface area contributed by atoms with Gasteiger partial charge in [-0.05, 0) is 31.9 Å². The molecule has 0 radical (unpaired) electrons. The average Bonchev–Trinajstić information content (AvgIpc) is 2.85. The quantitative estimate of drug-likeness (QED) is 0.917. The summed E-state index contributed by atoms with van der Waals surface area (Å²) in [6, 6.07) is 8.19. The minimum Gasteiger partial charge on any atom is -0.372 e. The van der Waals surface area contributed by atoms with Crippen LogP contribution >= 0.6 is 0 Å². The third-order valence-electron chi connectivity index (χ3n) is 4.57. The molecule has 128 valence electrons. The van der Waals surface area contributed by atoms with Crippen LogP contribution in [0, 0.1) is 6.92 Å². The summed E-state index contributed by atoms with van der Waals surface area (Å²) in [6.07, 6.45) is 0.716. The SMILES string of the molecule is CCc1noc(C)c1NC(=O)N1Cc2ccccc2N(C)C[C@@H]1C. The maximum Gasteiger partial charge on any atom is 0.322 e. The van der Waals surface area contributed by atoms with Gasteiger partial charge in [0.25, 0.3) is 0 Å². The Bertz CT molecular complexity index is 740. The molecule has 0 spiro atoms. The van der Waals surface area contributed by atoms with Crippen molar-refractivity contribution >= 4 is 17.4 Å². The lowest BCUT2D eigenvalue weighted by Gasteiger charge is -2.28. The van der Waals surface area contributed by atoms with Crippen LogP contribution in [0.5, 0.6) is 0 Å². The van der Waals surface area contributed by atoms with Crippen molar-refractivity contribution < 1.29 is 9.32 Å². The Labute approximate surface area is 142 Å². The minimum atomic E-state index is -0.117. The summed E-state index contributed by atoms with van der Waals surface area (Å²) in [5.41, 5.74) is 3.80. The lowest BCUT2D eigenvalue weighted by molar-refractivity contribution is 0.192. The van der Waals surface area contributed by atoms with Gasteiger partial charge in [0.05, 0.1) is 0 Å². The van der Waals surface area contributed by atoms with Crippen molar-refractivity contribution in [3.8, 4) is 0 Å². The molecule has 0 saturated carbocycles. The Balaban J connectivity index is 1.85. The molecule has 3 rings (SSSR count). The van der Waals surface area contributed by atoms with Gasteiger partial charge in [-0.1, -0.05) is 30.3 Å². The summed E-state index contributed by atoms with van der Waals surface area (Å²) in [7, 11) is 2.07. The fourth-order valence-electron chi connectivity index (χ4n) is 3.22. The highest BCUT2D eigenvalue weighted by Gasteiger charge is 2.28. The first kappa shape index (κ1) is 16.4. The molecule has 0 unspecified atom stereocenters. The predicted octanol–water partition coefficient (Wildman–Crippen LogP) is 3.42. The van der Waals surface area contributed by atoms with Gasteiger partial charge in [-0.3, -0.25) is 0 Å². The topological polar surface area (TPSA) is 61.6 Å². The van der Waals surface area contributed by atoms with E-state index in [1.165, 1.54) is 5.69 Å². The molecule has 6 nitrogen and oxygen atoms in total. The second-order valence-corrected chi connectivity index (χ2v) is 6.33. The number of likely N-dealkylation sites (N-methyl/N-ethyl adjacent to an activating group) is 1. The van der Waals surface area contributed by atoms with Crippen LogP contribution in [0.15, 0.2) is 28.8 Å². The van der Waals surface area contributed by atoms with Crippen molar-refractivity contribution in [2.24, 2.45) is 0 Å². The Morgan fingerprint density at radius 1 is 1.42 bits per heavy atom. The number of benzene rings is 1. The molecule has 0 bridgehead atoms. The number of carbonyl (C=O) groups is 1. The van der Waals surface area contributed by atoms with E-state index in [2.05, 4.69) is 41.5 Å². The number of aromatic nitrogens is 1. The van der Waals surface area contributed by atoms with Crippen LogP contribution in [0.25, 0.3) is 0 Å². The van der Waals surface area contributed by atoms with E-state index in [4.69, 9.17) is 4.52 Å². The summed E-state index contributed by atoms with van der Waals surface area (Å²) in [5, 5.41) is 7.00. The number of nitrogens with zero attached hydrogens (tertiary/aromatic N) is 3. The minimum absolute atomic E-state index is 0.0904. The average molecular weight is 328 g/mol. The highest BCUT2D eigenvalue weighted by Crippen LogP contribution is 2.27. The molecule has 0 saturated heterocycles. The van der Waals surface area contributed by atoms with E-state index in [9.17, 15) is 4.79 Å². The molecule has 2 heterocycles. The first-order valence-corrected chi connectivity index (χ1v) is 8.33. The van der Waals surface area contributed by atoms with Crippen LogP contribution < -0.4 is 10.2 Å². The first-order valence-electron chi connectivity index (χ1n) is 8.33. The third-order valence-corrected chi connectivity index (χ3v) is 4.57. The van der Waals surface area contributed by atoms with E-state index in [-0.39, 0.29) is 12.1 Å². The Kier molecular flexibility index (Phi) is 4.46. The smallest absolute Gasteiger partial charge is 0.322 e. The third kappa shape index (κ3) is 2.96. The maximum absolute atomic E-state index is 12.9. The number of anilines is 2. The molecule has 6 heteroatoms. The highest BCUT2D eigenvalue weighted by atomic mass is 16.5. The van der Waals surface area contributed by atoms with Crippen LogP contribution in [0.1, 0.15) is 30.9 Å². The zero-order valence-corrected chi connectivity index (χ0v) is 14.7. The van der Waals surface area contributed by atoms with Gasteiger partial charge in [-0.2, -0.15) is 0 Å². The van der Waals surface area contributed by atoms with Crippen molar-refractivity contribution in [2.45, 2.75) is 39.8 Å². The fraction of sp³-hybridized carbons (Fsp3) is 0.444. The van der Waals surface area contributed by atoms with Gasteiger partial charge in [0, 0.05) is 31.9 Å². The molecule has 1 aliphatic heterocycles. The number of carbonyl (C=O) groups excluding carboxylic acids is 1. The fourth-order valence-corrected chi connectivity index (χ4v) is 3.22. The number of amides is 2. The van der Waals surface area contributed by atoms with E-state index in [1.807, 2.05) is 30.9 Å². The Morgan fingerprint density at radius 2 is 2.17 bits per heavy atom. The van der Waals surface area contributed by atoms with Gasteiger partial charge in [-0.15, -0.1) is 0 Å². The lowest BCUT2D eigenvalue weighted by atomic mass is 10.1. The van der Waals surface area contributed by atoms with Gasteiger partial charge in [-0.25, -0.2) is 4.79 Å². The number of fused-ring (bicyclic) bond motifs is 1. The molecular weight excluding hydrogens is 304 g/mol. The number of nitrogens with one attached hydrogen (secondary N) is 1. The second-order valence-electron chi connectivity index (χ2n) is 6.33. The summed E-state index contributed by atoms with van der Waals surface area (Å²) in [5.74, 6) is 0.639. The van der Waals surface area contributed by atoms with Crippen molar-refractivity contribution in [3.63, 3.8) is 0 Å². The van der Waals surface area contributed by atoms with E-state index < -0.39 is 0 Å². The number of hydrogen-bond donors (Lipinski definition) is 1. The van der Waals surface area contributed by atoms with Gasteiger partial charge < -0.3 is 19.6 Å². The largest absolute Gasteiger partial charge is 0.372 e. The number of para-hydroxylation sites is 1. The predicted molar refractivity (Wildman–Crippen MR) is 94.4 cm³/mol. The molecule has 0 fully saturated rings. The molecule has 1 aliphatic rings. The van der Waals surface area contributed by atoms with Crippen molar-refractivity contribution in [3.05, 3.63) is 41.3 Å². The first-order chi connectivity index (χ1) is 11.5. The van der Waals surface area contributed by atoms with Gasteiger partial charge in [0.2, 0.25) is 0 Å². The summed E-state index contributed by atoms with van der Waals surface area (Å²) < 4.78 is 5.21. The summed E-state index contributed by atoms with van der Waals surface area (Å²) in [6.45, 7) is 7.25. The number of hydrogen-bond acceptors (Lipinski definition) is 4. The standard InChI is InChI=1S/C18H24N4O2/c1-5-15-17(13(3)24-20-15)19-18(23)22-11-14-8-6-7-9-16(14)21(4)10-12(22)2/h6-9,12H,5,10-11H2,1-4H3,(H,19,23)/t12-/m0/s1. The Morgan fingerprint density at radius 3 is 2.92 bits per heavy atom. The molecule has 24 heavy (non-hydrogen) atoms. The van der Waals surface area contributed by atoms with E-state index in [1.54, 1.807) is 0 Å². The molecule has 1 aromatic heterocycles. The number of rotatable bonds is 2. The van der Waals surface area contributed by atoms with Gasteiger partial charge in [0.1, 0.15) is 11.4 Å². The van der Waals surface area contributed by atoms with Gasteiger partial charge >= 0.3 is 6.03 Å². The van der Waals surface area contributed by atoms with Crippen molar-refractivity contribution in [1.29, 1.82) is 0 Å². The van der Waals surface area contributed by atoms with Gasteiger partial charge in [0.15, 0.2) is 5.76 Å². The Hall–Kier alpha value is -2.50. The zero-order chi connectivity index (χ0) is 17.3. The number of urea groups is 1. The van der Waals surface area contributed by atoms with E-state index in [0.717, 1.165) is 17.8 Å². The second kappa shape index (κ2) is 6.55. The maximum atomic E-state index is 12.9. The van der Waals surface area contributed by atoms with E-state index in [0.29, 0.717) is 24.4 Å². The van der Waals surface area contributed by atoms with Crippen LogP contribution in [0.4, 0.5) is 16.2 Å². The lowest BCUT2D eigenvalue weighted by Crippen LogP contribution is -2.44. The molecule has 0 aliphatic carbocycles. The summed E-state index contributed by atoms with van der Waals surface area (Å²) in [4.78, 5) is 17.0. The van der Waals surface area contributed by atoms with Crippen LogP contribution in [0.3, 0.4) is 0 Å². The molecular formula is C18H24N4O2. The van der Waals surface area contributed by atoms with Crippen LogP contribution in [-0.2, 0) is 13.0 Å². The van der Waals surface area contributed by atoms with Crippen molar-refractivity contribution in [1.82, 2.24) is 10.1 Å². The summed E-state index contributed by atoms with van der Waals surface area (Å²) >= 11 is 0. The van der Waals surface area contributed by atoms with Crippen LogP contribution in [0.2, 0.25) is 0 Å². The molecule has 1 aromatic carbocycles. The molecule has 1 N–H and O–H groups in total.